The SMILES string of the molecule is [2H]c1nc2nn(C3CCNCC3)c(-c3ccc(F)cc3)c2cc1-c1ccncc1. The van der Waals surface area contributed by atoms with Crippen molar-refractivity contribution in [2.45, 2.75) is 18.9 Å². The van der Waals surface area contributed by atoms with Crippen molar-refractivity contribution in [2.75, 3.05) is 13.1 Å². The first-order valence-electron chi connectivity index (χ1n) is 9.97. The third-order valence-corrected chi connectivity index (χ3v) is 5.26. The van der Waals surface area contributed by atoms with Gasteiger partial charge in [-0.15, -0.1) is 0 Å². The molecule has 1 saturated heterocycles. The van der Waals surface area contributed by atoms with E-state index < -0.39 is 0 Å². The van der Waals surface area contributed by atoms with E-state index in [2.05, 4.69) is 15.3 Å². The third kappa shape index (κ3) is 3.05. The number of pyridine rings is 2. The Balaban J connectivity index is 1.75. The van der Waals surface area contributed by atoms with Crippen LogP contribution in [0.15, 0.2) is 61.0 Å². The highest BCUT2D eigenvalue weighted by molar-refractivity contribution is 5.93. The van der Waals surface area contributed by atoms with Gasteiger partial charge < -0.3 is 5.32 Å². The fraction of sp³-hybridized carbons (Fsp3) is 0.227. The number of hydrogen-bond acceptors (Lipinski definition) is 4. The van der Waals surface area contributed by atoms with Gasteiger partial charge in [-0.3, -0.25) is 9.67 Å². The zero-order valence-electron chi connectivity index (χ0n) is 16.3. The second-order valence-corrected chi connectivity index (χ2v) is 7.04. The van der Waals surface area contributed by atoms with E-state index in [0.717, 1.165) is 53.7 Å². The third-order valence-electron chi connectivity index (χ3n) is 5.26. The molecule has 1 aromatic carbocycles. The van der Waals surface area contributed by atoms with Crippen LogP contribution in [0.1, 0.15) is 20.3 Å². The van der Waals surface area contributed by atoms with Crippen molar-refractivity contribution < 1.29 is 5.76 Å². The molecule has 1 aliphatic rings. The van der Waals surface area contributed by atoms with Crippen LogP contribution in [0.3, 0.4) is 0 Å². The molecule has 4 aromatic rings. The molecule has 5 rings (SSSR count). The van der Waals surface area contributed by atoms with E-state index >= 15 is 0 Å². The molecule has 140 valence electrons. The number of benzene rings is 1. The van der Waals surface area contributed by atoms with Crippen LogP contribution in [0.2, 0.25) is 0 Å². The van der Waals surface area contributed by atoms with Gasteiger partial charge in [0.05, 0.1) is 13.1 Å². The summed E-state index contributed by atoms with van der Waals surface area (Å²) in [5.41, 5.74) is 3.99. The number of nitrogens with one attached hydrogen (secondary N) is 1. The molecule has 5 nitrogen and oxygen atoms in total. The fourth-order valence-corrected chi connectivity index (χ4v) is 3.83. The highest BCUT2D eigenvalue weighted by atomic mass is 19.1. The zero-order chi connectivity index (χ0) is 19.8. The monoisotopic (exact) mass is 374 g/mol. The van der Waals surface area contributed by atoms with Crippen LogP contribution in [0.4, 0.5) is 4.39 Å². The number of aromatic nitrogens is 4. The van der Waals surface area contributed by atoms with Crippen LogP contribution >= 0.6 is 0 Å². The zero-order valence-corrected chi connectivity index (χ0v) is 15.3. The van der Waals surface area contributed by atoms with Gasteiger partial charge in [0.15, 0.2) is 5.65 Å². The largest absolute Gasteiger partial charge is 0.317 e. The lowest BCUT2D eigenvalue weighted by Crippen LogP contribution is -2.30. The lowest BCUT2D eigenvalue weighted by molar-refractivity contribution is 0.347. The van der Waals surface area contributed by atoms with Crippen LogP contribution in [0.5, 0.6) is 0 Å². The molecule has 0 bridgehead atoms. The summed E-state index contributed by atoms with van der Waals surface area (Å²) < 4.78 is 24.0. The van der Waals surface area contributed by atoms with Crippen LogP contribution < -0.4 is 5.32 Å². The van der Waals surface area contributed by atoms with E-state index in [0.29, 0.717) is 5.65 Å². The molecule has 0 amide bonds. The second kappa shape index (κ2) is 7.13. The molecular weight excluding hydrogens is 353 g/mol. The van der Waals surface area contributed by atoms with E-state index in [1.165, 1.54) is 12.1 Å². The Kier molecular flexibility index (Phi) is 4.05. The average molecular weight is 374 g/mol. The predicted molar refractivity (Wildman–Crippen MR) is 107 cm³/mol. The summed E-state index contributed by atoms with van der Waals surface area (Å²) in [5, 5.41) is 9.04. The molecular formula is C22H20FN5. The summed E-state index contributed by atoms with van der Waals surface area (Å²) in [5.74, 6) is -0.268. The first-order valence-corrected chi connectivity index (χ1v) is 9.47. The molecule has 0 saturated carbocycles. The lowest BCUT2D eigenvalue weighted by Gasteiger charge is -2.24. The maximum Gasteiger partial charge on any atom is 0.181 e. The van der Waals surface area contributed by atoms with Gasteiger partial charge in [0.1, 0.15) is 5.82 Å². The van der Waals surface area contributed by atoms with Gasteiger partial charge in [-0.1, -0.05) is 0 Å². The van der Waals surface area contributed by atoms with Crippen molar-refractivity contribution in [1.29, 1.82) is 0 Å². The van der Waals surface area contributed by atoms with Crippen molar-refractivity contribution in [3.05, 3.63) is 66.8 Å². The number of piperidine rings is 1. The minimum Gasteiger partial charge on any atom is -0.317 e. The molecule has 3 aromatic heterocycles. The Morgan fingerprint density at radius 2 is 1.75 bits per heavy atom. The summed E-state index contributed by atoms with van der Waals surface area (Å²) in [4.78, 5) is 8.56. The summed E-state index contributed by atoms with van der Waals surface area (Å²) in [7, 11) is 0. The Morgan fingerprint density at radius 3 is 2.50 bits per heavy atom. The minimum atomic E-state index is -0.268. The normalized spacial score (nSPS) is 15.7. The van der Waals surface area contributed by atoms with Crippen molar-refractivity contribution in [1.82, 2.24) is 25.1 Å². The highest BCUT2D eigenvalue weighted by Crippen LogP contribution is 2.34. The van der Waals surface area contributed by atoms with E-state index in [1.54, 1.807) is 24.5 Å². The quantitative estimate of drug-likeness (QED) is 0.583. The molecule has 28 heavy (non-hydrogen) atoms. The highest BCUT2D eigenvalue weighted by Gasteiger charge is 2.23. The average Bonchev–Trinajstić information content (AvgIpc) is 3.13. The molecule has 1 aliphatic heterocycles. The second-order valence-electron chi connectivity index (χ2n) is 7.04. The van der Waals surface area contributed by atoms with Gasteiger partial charge >= 0.3 is 0 Å². The maximum atomic E-state index is 13.6. The van der Waals surface area contributed by atoms with Crippen LogP contribution in [-0.2, 0) is 0 Å². The van der Waals surface area contributed by atoms with Crippen molar-refractivity contribution in [3.8, 4) is 22.4 Å². The summed E-state index contributed by atoms with van der Waals surface area (Å²) in [6, 6.07) is 12.5. The van der Waals surface area contributed by atoms with E-state index in [-0.39, 0.29) is 18.0 Å². The molecule has 4 heterocycles. The Labute approximate surface area is 163 Å². The number of hydrogen-bond donors (Lipinski definition) is 1. The Morgan fingerprint density at radius 1 is 1.00 bits per heavy atom. The van der Waals surface area contributed by atoms with E-state index in [4.69, 9.17) is 6.47 Å². The number of fused-ring (bicyclic) bond motifs is 1. The van der Waals surface area contributed by atoms with Gasteiger partial charge in [-0.2, -0.15) is 5.10 Å². The van der Waals surface area contributed by atoms with Crippen molar-refractivity contribution >= 4 is 11.0 Å². The predicted octanol–water partition coefficient (Wildman–Crippen LogP) is 4.22. The molecule has 0 unspecified atom stereocenters. The summed E-state index contributed by atoms with van der Waals surface area (Å²) in [6.07, 6.45) is 5.53. The molecule has 0 radical (unpaired) electrons. The molecule has 0 atom stereocenters. The molecule has 6 heteroatoms. The van der Waals surface area contributed by atoms with Gasteiger partial charge in [-0.05, 0) is 74.0 Å². The number of halogens is 1. The van der Waals surface area contributed by atoms with Gasteiger partial charge in [-0.25, -0.2) is 9.37 Å². The fourth-order valence-electron chi connectivity index (χ4n) is 3.83. The van der Waals surface area contributed by atoms with Crippen molar-refractivity contribution in [3.63, 3.8) is 0 Å². The smallest absolute Gasteiger partial charge is 0.181 e. The summed E-state index contributed by atoms with van der Waals surface area (Å²) in [6.45, 7) is 1.87. The van der Waals surface area contributed by atoms with Crippen LogP contribution in [-0.4, -0.2) is 32.8 Å². The molecule has 1 fully saturated rings. The Hall–Kier alpha value is -3.12. The molecule has 1 N–H and O–H groups in total. The van der Waals surface area contributed by atoms with E-state index in [9.17, 15) is 4.39 Å². The topological polar surface area (TPSA) is 55.6 Å². The lowest BCUT2D eigenvalue weighted by atomic mass is 10.0. The van der Waals surface area contributed by atoms with Crippen LogP contribution in [0, 0.1) is 5.82 Å². The standard InChI is InChI=1S/C22H20FN5/c23-18-3-1-16(2-4-18)21-20-13-17(15-5-9-24-10-6-15)14-26-22(20)27-28(21)19-7-11-25-12-8-19/h1-6,9-10,13-14,19,25H,7-8,11-12H2/i14D. The van der Waals surface area contributed by atoms with Crippen molar-refractivity contribution in [2.24, 2.45) is 0 Å². The first-order chi connectivity index (χ1) is 14.2. The summed E-state index contributed by atoms with van der Waals surface area (Å²) >= 11 is 0. The molecule has 0 spiro atoms. The minimum absolute atomic E-state index is 0.185. The first kappa shape index (κ1) is 15.9. The van der Waals surface area contributed by atoms with Gasteiger partial charge in [0, 0.05) is 35.1 Å². The number of rotatable bonds is 3. The number of nitrogens with zero attached hydrogens (tertiary/aromatic N) is 4. The van der Waals surface area contributed by atoms with Gasteiger partial charge in [0.2, 0.25) is 0 Å². The maximum absolute atomic E-state index is 13.6. The van der Waals surface area contributed by atoms with Crippen LogP contribution in [0.25, 0.3) is 33.4 Å². The van der Waals surface area contributed by atoms with E-state index in [1.807, 2.05) is 22.9 Å². The Bertz CT molecular complexity index is 1150. The molecule has 0 aliphatic carbocycles. The van der Waals surface area contributed by atoms with Gasteiger partial charge in [0.25, 0.3) is 0 Å².